The van der Waals surface area contributed by atoms with E-state index in [1.165, 1.54) is 0 Å². The van der Waals surface area contributed by atoms with Crippen molar-refractivity contribution in [3.05, 3.63) is 59.1 Å². The second kappa shape index (κ2) is 6.15. The minimum Gasteiger partial charge on any atom is -0.378 e. The summed E-state index contributed by atoms with van der Waals surface area (Å²) < 4.78 is 0. The first kappa shape index (κ1) is 14.5. The highest BCUT2D eigenvalue weighted by atomic mass is 35.5. The van der Waals surface area contributed by atoms with Gasteiger partial charge in [0.15, 0.2) is 0 Å². The molecule has 1 heterocycles. The average molecular weight is 314 g/mol. The van der Waals surface area contributed by atoms with E-state index in [-0.39, 0.29) is 0 Å². The molecule has 0 spiro atoms. The van der Waals surface area contributed by atoms with Gasteiger partial charge in [0.2, 0.25) is 5.82 Å². The van der Waals surface area contributed by atoms with E-state index in [1.807, 2.05) is 67.5 Å². The highest BCUT2D eigenvalue weighted by Gasteiger charge is 2.08. The largest absolute Gasteiger partial charge is 0.378 e. The lowest BCUT2D eigenvalue weighted by molar-refractivity contribution is 0.573. The third kappa shape index (κ3) is 3.09. The molecular weight excluding hydrogens is 298 g/mol. The number of halogens is 1. The summed E-state index contributed by atoms with van der Waals surface area (Å²) >= 11 is 6.15. The summed E-state index contributed by atoms with van der Waals surface area (Å²) in [5.74, 6) is 0.609. The second-order valence-electron chi connectivity index (χ2n) is 5.18. The van der Waals surface area contributed by atoms with Crippen molar-refractivity contribution >= 4 is 17.3 Å². The molecule has 6 heteroatoms. The molecule has 0 amide bonds. The van der Waals surface area contributed by atoms with E-state index < -0.39 is 0 Å². The summed E-state index contributed by atoms with van der Waals surface area (Å²) in [7, 11) is 4.01. The number of nitrogens with zero attached hydrogens (tertiary/aromatic N) is 5. The van der Waals surface area contributed by atoms with E-state index in [0.29, 0.717) is 17.4 Å². The molecular formula is C16H16ClN5. The molecule has 1 aromatic heterocycles. The van der Waals surface area contributed by atoms with Crippen molar-refractivity contribution in [3.63, 3.8) is 0 Å². The van der Waals surface area contributed by atoms with E-state index in [0.717, 1.165) is 16.8 Å². The third-order valence-electron chi connectivity index (χ3n) is 3.36. The maximum Gasteiger partial charge on any atom is 0.204 e. The van der Waals surface area contributed by atoms with Crippen LogP contribution in [0.3, 0.4) is 0 Å². The third-order valence-corrected chi connectivity index (χ3v) is 3.73. The molecule has 0 saturated carbocycles. The van der Waals surface area contributed by atoms with Gasteiger partial charge in [0.1, 0.15) is 0 Å². The van der Waals surface area contributed by atoms with Crippen molar-refractivity contribution in [2.45, 2.75) is 6.54 Å². The molecule has 0 radical (unpaired) electrons. The van der Waals surface area contributed by atoms with Crippen LogP contribution in [0.15, 0.2) is 48.5 Å². The fourth-order valence-electron chi connectivity index (χ4n) is 2.11. The Morgan fingerprint density at radius 2 is 1.77 bits per heavy atom. The molecule has 3 rings (SSSR count). The molecule has 0 atom stereocenters. The molecule has 0 aliphatic carbocycles. The molecule has 112 valence electrons. The number of hydrogen-bond donors (Lipinski definition) is 0. The molecule has 0 saturated heterocycles. The zero-order valence-electron chi connectivity index (χ0n) is 12.4. The maximum atomic E-state index is 6.15. The van der Waals surface area contributed by atoms with Crippen LogP contribution in [0, 0.1) is 0 Å². The Balaban J connectivity index is 1.80. The second-order valence-corrected chi connectivity index (χ2v) is 5.58. The highest BCUT2D eigenvalue weighted by molar-refractivity contribution is 6.31. The van der Waals surface area contributed by atoms with Crippen LogP contribution in [0.1, 0.15) is 5.56 Å². The first-order valence-corrected chi connectivity index (χ1v) is 7.30. The average Bonchev–Trinajstić information content (AvgIpc) is 2.98. The summed E-state index contributed by atoms with van der Waals surface area (Å²) in [4.78, 5) is 3.60. The van der Waals surface area contributed by atoms with Crippen LogP contribution >= 0.6 is 11.6 Å². The molecule has 22 heavy (non-hydrogen) atoms. The zero-order chi connectivity index (χ0) is 15.5. The fraction of sp³-hybridized carbons (Fsp3) is 0.188. The van der Waals surface area contributed by atoms with Crippen molar-refractivity contribution in [2.75, 3.05) is 19.0 Å². The standard InChI is InChI=1S/C16H16ClN5/c1-21(2)14-9-7-12(8-10-14)16-18-20-22(19-16)11-13-5-3-4-6-15(13)17/h3-10H,11H2,1-2H3. The number of hydrogen-bond acceptors (Lipinski definition) is 4. The molecule has 0 aliphatic rings. The lowest BCUT2D eigenvalue weighted by Crippen LogP contribution is -2.08. The quantitative estimate of drug-likeness (QED) is 0.742. The first-order valence-electron chi connectivity index (χ1n) is 6.92. The van der Waals surface area contributed by atoms with Gasteiger partial charge in [-0.1, -0.05) is 29.8 Å². The Hall–Kier alpha value is -2.40. The van der Waals surface area contributed by atoms with Crippen LogP contribution in [-0.2, 0) is 6.54 Å². The summed E-state index contributed by atoms with van der Waals surface area (Å²) in [6.45, 7) is 0.502. The monoisotopic (exact) mass is 313 g/mol. The predicted octanol–water partition coefficient (Wildman–Crippen LogP) is 3.11. The van der Waals surface area contributed by atoms with Gasteiger partial charge in [-0.25, -0.2) is 0 Å². The smallest absolute Gasteiger partial charge is 0.204 e. The van der Waals surface area contributed by atoms with Gasteiger partial charge in [0.05, 0.1) is 6.54 Å². The van der Waals surface area contributed by atoms with Gasteiger partial charge in [-0.3, -0.25) is 0 Å². The topological polar surface area (TPSA) is 46.8 Å². The van der Waals surface area contributed by atoms with Crippen LogP contribution in [0.2, 0.25) is 5.02 Å². The molecule has 0 bridgehead atoms. The van der Waals surface area contributed by atoms with Gasteiger partial charge in [-0.05, 0) is 41.1 Å². The lowest BCUT2D eigenvalue weighted by Gasteiger charge is -2.11. The maximum absolute atomic E-state index is 6.15. The van der Waals surface area contributed by atoms with E-state index >= 15 is 0 Å². The number of rotatable bonds is 4. The Labute approximate surface area is 134 Å². The Morgan fingerprint density at radius 3 is 2.45 bits per heavy atom. The van der Waals surface area contributed by atoms with E-state index in [2.05, 4.69) is 15.4 Å². The molecule has 0 aliphatic heterocycles. The number of tetrazole rings is 1. The number of benzene rings is 2. The molecule has 2 aromatic carbocycles. The minimum absolute atomic E-state index is 0.502. The van der Waals surface area contributed by atoms with Crippen molar-refractivity contribution < 1.29 is 0 Å². The van der Waals surface area contributed by atoms with Gasteiger partial charge < -0.3 is 4.90 Å². The van der Waals surface area contributed by atoms with Crippen LogP contribution in [-0.4, -0.2) is 34.3 Å². The van der Waals surface area contributed by atoms with Crippen molar-refractivity contribution in [1.82, 2.24) is 20.2 Å². The summed E-state index contributed by atoms with van der Waals surface area (Å²) in [5, 5.41) is 13.3. The van der Waals surface area contributed by atoms with E-state index in [9.17, 15) is 0 Å². The summed E-state index contributed by atoms with van der Waals surface area (Å²) in [6, 6.07) is 15.7. The predicted molar refractivity (Wildman–Crippen MR) is 88.1 cm³/mol. The van der Waals surface area contributed by atoms with Crippen molar-refractivity contribution in [3.8, 4) is 11.4 Å². The van der Waals surface area contributed by atoms with Crippen LogP contribution in [0.5, 0.6) is 0 Å². The van der Waals surface area contributed by atoms with Gasteiger partial charge in [0, 0.05) is 30.4 Å². The SMILES string of the molecule is CN(C)c1ccc(-c2nnn(Cc3ccccc3Cl)n2)cc1. The van der Waals surface area contributed by atoms with Crippen LogP contribution in [0.25, 0.3) is 11.4 Å². The summed E-state index contributed by atoms with van der Waals surface area (Å²) in [6.07, 6.45) is 0. The van der Waals surface area contributed by atoms with Gasteiger partial charge >= 0.3 is 0 Å². The number of aromatic nitrogens is 4. The zero-order valence-corrected chi connectivity index (χ0v) is 13.2. The highest BCUT2D eigenvalue weighted by Crippen LogP contribution is 2.19. The summed E-state index contributed by atoms with van der Waals surface area (Å²) in [5.41, 5.74) is 3.04. The first-order chi connectivity index (χ1) is 10.6. The Kier molecular flexibility index (Phi) is 4.06. The van der Waals surface area contributed by atoms with Gasteiger partial charge in [0.25, 0.3) is 0 Å². The van der Waals surface area contributed by atoms with Gasteiger partial charge in [-0.15, -0.1) is 10.2 Å². The van der Waals surface area contributed by atoms with E-state index in [4.69, 9.17) is 11.6 Å². The van der Waals surface area contributed by atoms with E-state index in [1.54, 1.807) is 4.80 Å². The molecule has 0 unspecified atom stereocenters. The molecule has 0 fully saturated rings. The van der Waals surface area contributed by atoms with Crippen LogP contribution in [0.4, 0.5) is 5.69 Å². The minimum atomic E-state index is 0.502. The molecule has 5 nitrogen and oxygen atoms in total. The van der Waals surface area contributed by atoms with Gasteiger partial charge in [-0.2, -0.15) is 4.80 Å². The fourth-order valence-corrected chi connectivity index (χ4v) is 2.31. The normalized spacial score (nSPS) is 10.7. The lowest BCUT2D eigenvalue weighted by atomic mass is 10.2. The molecule has 0 N–H and O–H groups in total. The molecule has 3 aromatic rings. The van der Waals surface area contributed by atoms with Crippen molar-refractivity contribution in [2.24, 2.45) is 0 Å². The van der Waals surface area contributed by atoms with Crippen molar-refractivity contribution in [1.29, 1.82) is 0 Å². The van der Waals surface area contributed by atoms with Crippen LogP contribution < -0.4 is 4.90 Å². The Bertz CT molecular complexity index is 764. The number of anilines is 1. The Morgan fingerprint density at radius 1 is 1.05 bits per heavy atom.